The number of carboxylic acid groups (broad SMARTS) is 1. The van der Waals surface area contributed by atoms with Crippen molar-refractivity contribution >= 4 is 16.8 Å². The summed E-state index contributed by atoms with van der Waals surface area (Å²) in [5.41, 5.74) is 0.819. The summed E-state index contributed by atoms with van der Waals surface area (Å²) in [7, 11) is 0.125. The number of hydrogen-bond acceptors (Lipinski definition) is 3. The van der Waals surface area contributed by atoms with Gasteiger partial charge in [0.2, 0.25) is 0 Å². The van der Waals surface area contributed by atoms with Crippen LogP contribution in [0.2, 0.25) is 0 Å². The second kappa shape index (κ2) is 6.54. The lowest BCUT2D eigenvalue weighted by molar-refractivity contribution is -0.137. The van der Waals surface area contributed by atoms with Crippen molar-refractivity contribution in [2.24, 2.45) is 5.92 Å². The molecule has 0 heterocycles. The maximum atomic E-state index is 12.1. The molecule has 1 rings (SSSR count). The van der Waals surface area contributed by atoms with Gasteiger partial charge in [-0.05, 0) is 23.6 Å². The smallest absolute Gasteiger partial charge is 0.319 e. The number of aliphatic carboxylic acids is 1. The predicted molar refractivity (Wildman–Crippen MR) is 71.1 cm³/mol. The normalized spacial score (nSPS) is 14.2. The average Bonchev–Trinajstić information content (AvgIpc) is 2.28. The Kier molecular flexibility index (Phi) is 5.34. The first kappa shape index (κ1) is 14.7. The van der Waals surface area contributed by atoms with Gasteiger partial charge in [0.1, 0.15) is 11.0 Å². The first-order chi connectivity index (χ1) is 8.45. The molecule has 0 spiro atoms. The van der Waals surface area contributed by atoms with E-state index in [0.29, 0.717) is 5.75 Å². The quantitative estimate of drug-likeness (QED) is 0.859. The molecule has 1 aromatic rings. The van der Waals surface area contributed by atoms with Gasteiger partial charge in [-0.15, -0.1) is 0 Å². The van der Waals surface area contributed by atoms with Crippen molar-refractivity contribution in [1.29, 1.82) is 0 Å². The Morgan fingerprint density at radius 2 is 2.11 bits per heavy atom. The second-order valence-corrected chi connectivity index (χ2v) is 5.94. The number of hydrogen-bond donors (Lipinski definition) is 1. The van der Waals surface area contributed by atoms with E-state index in [9.17, 15) is 9.00 Å². The van der Waals surface area contributed by atoms with Gasteiger partial charge >= 0.3 is 5.97 Å². The van der Waals surface area contributed by atoms with Crippen molar-refractivity contribution in [2.75, 3.05) is 7.11 Å². The number of ether oxygens (including phenoxy) is 1. The molecule has 0 aliphatic heterocycles. The van der Waals surface area contributed by atoms with Gasteiger partial charge in [0, 0.05) is 16.6 Å². The number of carbonyl (C=O) groups is 1. The molecule has 0 saturated carbocycles. The van der Waals surface area contributed by atoms with Gasteiger partial charge in [-0.1, -0.05) is 26.0 Å². The van der Waals surface area contributed by atoms with Crippen LogP contribution in [-0.4, -0.2) is 27.6 Å². The van der Waals surface area contributed by atoms with Crippen molar-refractivity contribution in [3.63, 3.8) is 0 Å². The second-order valence-electron chi connectivity index (χ2n) is 4.38. The van der Waals surface area contributed by atoms with Crippen LogP contribution >= 0.6 is 0 Å². The van der Waals surface area contributed by atoms with Crippen LogP contribution in [0, 0.1) is 5.92 Å². The average molecular weight is 270 g/mol. The summed E-state index contributed by atoms with van der Waals surface area (Å²) in [5, 5.41) is 8.24. The molecule has 0 radical (unpaired) electrons. The lowest BCUT2D eigenvalue weighted by atomic mass is 10.1. The Labute approximate surface area is 109 Å². The molecule has 2 unspecified atom stereocenters. The van der Waals surface area contributed by atoms with E-state index in [-0.39, 0.29) is 11.7 Å². The molecule has 0 aromatic heterocycles. The molecule has 2 atom stereocenters. The SMILES string of the molecule is COc1cccc(CS(=O)C(C(=O)O)C(C)C)c1. The van der Waals surface area contributed by atoms with Crippen molar-refractivity contribution in [1.82, 2.24) is 0 Å². The first-order valence-corrected chi connectivity index (χ1v) is 7.06. The van der Waals surface area contributed by atoms with E-state index >= 15 is 0 Å². The molecule has 0 amide bonds. The van der Waals surface area contributed by atoms with Crippen LogP contribution in [0.1, 0.15) is 19.4 Å². The Morgan fingerprint density at radius 1 is 1.44 bits per heavy atom. The fourth-order valence-electron chi connectivity index (χ4n) is 1.72. The summed E-state index contributed by atoms with van der Waals surface area (Å²) in [5.74, 6) is -0.257. The minimum Gasteiger partial charge on any atom is -0.497 e. The highest BCUT2D eigenvalue weighted by molar-refractivity contribution is 7.85. The topological polar surface area (TPSA) is 63.6 Å². The van der Waals surface area contributed by atoms with E-state index in [1.807, 2.05) is 6.07 Å². The highest BCUT2D eigenvalue weighted by Crippen LogP contribution is 2.18. The standard InChI is InChI=1S/C13H18O4S/c1-9(2)12(13(14)15)18(16)8-10-5-4-6-11(7-10)17-3/h4-7,9,12H,8H2,1-3H3,(H,14,15). The lowest BCUT2D eigenvalue weighted by Crippen LogP contribution is -2.31. The monoisotopic (exact) mass is 270 g/mol. The molecule has 5 heteroatoms. The Morgan fingerprint density at radius 3 is 2.61 bits per heavy atom. The van der Waals surface area contributed by atoms with E-state index in [1.165, 1.54) is 0 Å². The van der Waals surface area contributed by atoms with Gasteiger partial charge in [-0.3, -0.25) is 9.00 Å². The van der Waals surface area contributed by atoms with Crippen molar-refractivity contribution in [3.05, 3.63) is 29.8 Å². The molecule has 0 bridgehead atoms. The van der Waals surface area contributed by atoms with Crippen LogP contribution in [0.4, 0.5) is 0 Å². The summed E-state index contributed by atoms with van der Waals surface area (Å²) in [6, 6.07) is 7.19. The lowest BCUT2D eigenvalue weighted by Gasteiger charge is -2.15. The van der Waals surface area contributed by atoms with E-state index in [1.54, 1.807) is 39.2 Å². The van der Waals surface area contributed by atoms with Gasteiger partial charge < -0.3 is 9.84 Å². The third-order valence-corrected chi connectivity index (χ3v) is 4.51. The number of rotatable bonds is 6. The minimum atomic E-state index is -1.43. The predicted octanol–water partition coefficient (Wildman–Crippen LogP) is 2.05. The maximum Gasteiger partial charge on any atom is 0.319 e. The molecule has 0 aliphatic carbocycles. The molecule has 1 aromatic carbocycles. The number of carboxylic acids is 1. The highest BCUT2D eigenvalue weighted by Gasteiger charge is 2.28. The summed E-state index contributed by atoms with van der Waals surface area (Å²) in [6.07, 6.45) is 0. The number of methoxy groups -OCH3 is 1. The Balaban J connectivity index is 2.82. The van der Waals surface area contributed by atoms with Gasteiger partial charge in [-0.25, -0.2) is 0 Å². The minimum absolute atomic E-state index is 0.158. The van der Waals surface area contributed by atoms with Gasteiger partial charge in [0.15, 0.2) is 0 Å². The summed E-state index contributed by atoms with van der Waals surface area (Å²) in [6.45, 7) is 3.53. The van der Waals surface area contributed by atoms with Crippen LogP contribution < -0.4 is 4.74 Å². The zero-order chi connectivity index (χ0) is 13.7. The van der Waals surface area contributed by atoms with Crippen LogP contribution in [0.25, 0.3) is 0 Å². The van der Waals surface area contributed by atoms with Gasteiger partial charge in [0.05, 0.1) is 7.11 Å². The van der Waals surface area contributed by atoms with E-state index < -0.39 is 22.0 Å². The maximum absolute atomic E-state index is 12.1. The highest BCUT2D eigenvalue weighted by atomic mass is 32.2. The molecule has 0 aliphatic rings. The first-order valence-electron chi connectivity index (χ1n) is 5.68. The molecule has 0 fully saturated rings. The van der Waals surface area contributed by atoms with E-state index in [2.05, 4.69) is 0 Å². The Bertz CT molecular complexity index is 442. The Hall–Kier alpha value is -1.36. The van der Waals surface area contributed by atoms with Crippen molar-refractivity contribution in [3.8, 4) is 5.75 Å². The van der Waals surface area contributed by atoms with Crippen LogP contribution in [0.3, 0.4) is 0 Å². The molecular weight excluding hydrogens is 252 g/mol. The van der Waals surface area contributed by atoms with Crippen LogP contribution in [0.15, 0.2) is 24.3 Å². The molecule has 1 N–H and O–H groups in total. The zero-order valence-electron chi connectivity index (χ0n) is 10.8. The van der Waals surface area contributed by atoms with Crippen LogP contribution in [0.5, 0.6) is 5.75 Å². The summed E-state index contributed by atoms with van der Waals surface area (Å²) >= 11 is 0. The summed E-state index contributed by atoms with van der Waals surface area (Å²) in [4.78, 5) is 11.1. The third kappa shape index (κ3) is 3.84. The van der Waals surface area contributed by atoms with Crippen LogP contribution in [-0.2, 0) is 21.3 Å². The molecule has 100 valence electrons. The van der Waals surface area contributed by atoms with Crippen molar-refractivity contribution in [2.45, 2.75) is 24.9 Å². The largest absolute Gasteiger partial charge is 0.497 e. The molecular formula is C13H18O4S. The van der Waals surface area contributed by atoms with E-state index in [4.69, 9.17) is 9.84 Å². The molecule has 4 nitrogen and oxygen atoms in total. The molecule has 18 heavy (non-hydrogen) atoms. The number of benzene rings is 1. The fourth-order valence-corrected chi connectivity index (χ4v) is 3.24. The fraction of sp³-hybridized carbons (Fsp3) is 0.462. The zero-order valence-corrected chi connectivity index (χ0v) is 11.6. The van der Waals surface area contributed by atoms with E-state index in [0.717, 1.165) is 5.56 Å². The molecule has 0 saturated heterocycles. The van der Waals surface area contributed by atoms with Gasteiger partial charge in [-0.2, -0.15) is 0 Å². The third-order valence-electron chi connectivity index (χ3n) is 2.58. The van der Waals surface area contributed by atoms with Gasteiger partial charge in [0.25, 0.3) is 0 Å². The van der Waals surface area contributed by atoms with Crippen molar-refractivity contribution < 1.29 is 18.8 Å². The summed E-state index contributed by atoms with van der Waals surface area (Å²) < 4.78 is 17.2.